The highest BCUT2D eigenvalue weighted by atomic mass is 16.3. The Bertz CT molecular complexity index is 1070. The van der Waals surface area contributed by atoms with Crippen molar-refractivity contribution in [3.05, 3.63) is 35.9 Å². The molecule has 0 heterocycles. The minimum atomic E-state index is -1.25. The monoisotopic (exact) mass is 659 g/mol. The van der Waals surface area contributed by atoms with Crippen LogP contribution in [0.15, 0.2) is 30.3 Å². The Morgan fingerprint density at radius 2 is 1.26 bits per heavy atom. The van der Waals surface area contributed by atoms with Crippen LogP contribution in [-0.2, 0) is 25.6 Å². The second-order valence-corrected chi connectivity index (χ2v) is 14.4. The number of nitrogens with one attached hydrogen (secondary N) is 5. The molecule has 10 heteroatoms. The van der Waals surface area contributed by atoms with Crippen molar-refractivity contribution in [3.63, 3.8) is 0 Å². The summed E-state index contributed by atoms with van der Waals surface area (Å²) in [5.41, 5.74) is 0.873. The molecular weight excluding hydrogens is 594 g/mol. The van der Waals surface area contributed by atoms with Crippen molar-refractivity contribution in [2.24, 2.45) is 23.7 Å². The number of hydrogen-bond acceptors (Lipinski definition) is 6. The number of carbonyl (C=O) groups is 4. The van der Waals surface area contributed by atoms with Crippen LogP contribution in [0.2, 0.25) is 0 Å². The van der Waals surface area contributed by atoms with Crippen LogP contribution in [0.1, 0.15) is 107 Å². The van der Waals surface area contributed by atoms with Gasteiger partial charge in [0.2, 0.25) is 23.6 Å². The van der Waals surface area contributed by atoms with Crippen LogP contribution >= 0.6 is 0 Å². The van der Waals surface area contributed by atoms with Crippen LogP contribution in [0.4, 0.5) is 0 Å². The molecule has 0 fully saturated rings. The number of hydrogen-bond donors (Lipinski definition) is 6. The van der Waals surface area contributed by atoms with E-state index in [1.54, 1.807) is 0 Å². The lowest BCUT2D eigenvalue weighted by Crippen LogP contribution is -2.58. The number of aliphatic hydroxyl groups excluding tert-OH is 1. The van der Waals surface area contributed by atoms with Crippen molar-refractivity contribution >= 4 is 23.6 Å². The van der Waals surface area contributed by atoms with Gasteiger partial charge >= 0.3 is 0 Å². The first-order valence-electron chi connectivity index (χ1n) is 17.7. The van der Waals surface area contributed by atoms with Crippen LogP contribution in [-0.4, -0.2) is 71.6 Å². The average Bonchev–Trinajstić information content (AvgIpc) is 2.99. The minimum Gasteiger partial charge on any atom is -0.390 e. The van der Waals surface area contributed by atoms with Crippen LogP contribution in [0.3, 0.4) is 0 Å². The predicted octanol–water partition coefficient (Wildman–Crippen LogP) is 4.10. The molecule has 47 heavy (non-hydrogen) atoms. The van der Waals surface area contributed by atoms with Gasteiger partial charge < -0.3 is 31.7 Å². The van der Waals surface area contributed by atoms with Gasteiger partial charge in [-0.1, -0.05) is 99.6 Å². The van der Waals surface area contributed by atoms with E-state index in [4.69, 9.17) is 0 Å². The second-order valence-electron chi connectivity index (χ2n) is 14.4. The Balaban J connectivity index is 3.13. The summed E-state index contributed by atoms with van der Waals surface area (Å²) in [5, 5.41) is 26.4. The number of benzene rings is 1. The Morgan fingerprint density at radius 3 is 1.77 bits per heavy atom. The average molecular weight is 660 g/mol. The molecule has 1 rings (SSSR count). The maximum absolute atomic E-state index is 13.8. The molecule has 6 N–H and O–H groups in total. The van der Waals surface area contributed by atoms with Crippen molar-refractivity contribution in [1.29, 1.82) is 0 Å². The predicted molar refractivity (Wildman–Crippen MR) is 189 cm³/mol. The van der Waals surface area contributed by atoms with Crippen molar-refractivity contribution in [2.75, 3.05) is 6.54 Å². The summed E-state index contributed by atoms with van der Waals surface area (Å²) in [6, 6.07) is 6.57. The molecule has 268 valence electrons. The number of carbonyl (C=O) groups excluding carboxylic acids is 4. The van der Waals surface area contributed by atoms with E-state index >= 15 is 0 Å². The quantitative estimate of drug-likeness (QED) is 0.110. The van der Waals surface area contributed by atoms with Crippen molar-refractivity contribution in [2.45, 2.75) is 144 Å². The zero-order valence-corrected chi connectivity index (χ0v) is 30.7. The Kier molecular flexibility index (Phi) is 19.5. The topological polar surface area (TPSA) is 149 Å². The summed E-state index contributed by atoms with van der Waals surface area (Å²) in [6.07, 6.45) is 1.85. The first kappa shape index (κ1) is 42.0. The molecule has 0 spiro atoms. The van der Waals surface area contributed by atoms with Gasteiger partial charge in [-0.2, -0.15) is 0 Å². The first-order chi connectivity index (χ1) is 22.1. The van der Waals surface area contributed by atoms with E-state index in [9.17, 15) is 24.3 Å². The molecule has 0 radical (unpaired) electrons. The molecule has 0 saturated heterocycles. The molecule has 0 aliphatic heterocycles. The molecule has 0 unspecified atom stereocenters. The maximum atomic E-state index is 13.8. The Morgan fingerprint density at radius 1 is 0.702 bits per heavy atom. The van der Waals surface area contributed by atoms with Crippen LogP contribution in [0.5, 0.6) is 0 Å². The van der Waals surface area contributed by atoms with Gasteiger partial charge in [0.1, 0.15) is 12.1 Å². The third-order valence-corrected chi connectivity index (χ3v) is 8.47. The Hall–Kier alpha value is -2.98. The molecule has 1 aromatic carbocycles. The standard InChI is InChI=1S/C37H65N5O5/c1-11-28(12-2)39-36(46)33(25(7)8)41-32(44)22-31(43)29(21-27-16-14-13-15-17-27)40-37(47)34(26(9)10)42-35(45)30(20-24(5)6)38-19-18-23(3)4/h13-17,23-26,28-31,33-34,38,43H,11-12,18-22H2,1-10H3,(H,39,46)(H,40,47)(H,41,44)(H,42,45)/t29-,30-,31-,33-,34-/m0/s1. The van der Waals surface area contributed by atoms with Gasteiger partial charge in [0, 0.05) is 6.04 Å². The highest BCUT2D eigenvalue weighted by Crippen LogP contribution is 2.13. The molecule has 0 aromatic heterocycles. The fourth-order valence-electron chi connectivity index (χ4n) is 5.40. The van der Waals surface area contributed by atoms with Gasteiger partial charge in [0.05, 0.1) is 24.6 Å². The lowest BCUT2D eigenvalue weighted by molar-refractivity contribution is -0.133. The number of aliphatic hydroxyl groups is 1. The Labute approximate surface area is 284 Å². The van der Waals surface area contributed by atoms with Gasteiger partial charge in [-0.25, -0.2) is 0 Å². The zero-order valence-electron chi connectivity index (χ0n) is 30.7. The van der Waals surface area contributed by atoms with E-state index in [-0.39, 0.29) is 48.5 Å². The smallest absolute Gasteiger partial charge is 0.243 e. The second kappa shape index (κ2) is 21.8. The van der Waals surface area contributed by atoms with Gasteiger partial charge in [-0.05, 0) is 67.9 Å². The molecule has 5 atom stereocenters. The molecule has 4 amide bonds. The van der Waals surface area contributed by atoms with Crippen molar-refractivity contribution in [3.8, 4) is 0 Å². The molecule has 0 aliphatic rings. The number of rotatable bonds is 22. The minimum absolute atomic E-state index is 0.0163. The van der Waals surface area contributed by atoms with Gasteiger partial charge in [0.15, 0.2) is 0 Å². The molecular formula is C37H65N5O5. The van der Waals surface area contributed by atoms with E-state index in [1.165, 1.54) is 0 Å². The van der Waals surface area contributed by atoms with E-state index in [0.29, 0.717) is 18.9 Å². The summed E-state index contributed by atoms with van der Waals surface area (Å²) in [4.78, 5) is 53.4. The first-order valence-corrected chi connectivity index (χ1v) is 17.7. The highest BCUT2D eigenvalue weighted by molar-refractivity contribution is 5.90. The zero-order chi connectivity index (χ0) is 35.7. The largest absolute Gasteiger partial charge is 0.390 e. The molecule has 1 aromatic rings. The fraction of sp³-hybridized carbons (Fsp3) is 0.730. The lowest BCUT2D eigenvalue weighted by Gasteiger charge is -2.30. The summed E-state index contributed by atoms with van der Waals surface area (Å²) in [6.45, 7) is 20.5. The molecule has 0 aliphatic carbocycles. The maximum Gasteiger partial charge on any atom is 0.243 e. The van der Waals surface area contributed by atoms with E-state index in [1.807, 2.05) is 71.9 Å². The SMILES string of the molecule is CCC(CC)NC(=O)[C@@H](NC(=O)C[C@H](O)[C@H](Cc1ccccc1)NC(=O)[C@@H](NC(=O)[C@H](CC(C)C)NCCC(C)C)C(C)C)C(C)C. The van der Waals surface area contributed by atoms with Gasteiger partial charge in [-0.3, -0.25) is 19.2 Å². The fourth-order valence-corrected chi connectivity index (χ4v) is 5.40. The van der Waals surface area contributed by atoms with E-state index in [0.717, 1.165) is 24.8 Å². The summed E-state index contributed by atoms with van der Waals surface area (Å²) in [7, 11) is 0. The number of amides is 4. The van der Waals surface area contributed by atoms with E-state index in [2.05, 4.69) is 54.3 Å². The summed E-state index contributed by atoms with van der Waals surface area (Å²) in [5.74, 6) is -1.02. The van der Waals surface area contributed by atoms with Crippen LogP contribution in [0, 0.1) is 23.7 Å². The highest BCUT2D eigenvalue weighted by Gasteiger charge is 2.33. The van der Waals surface area contributed by atoms with Gasteiger partial charge in [0.25, 0.3) is 0 Å². The van der Waals surface area contributed by atoms with Crippen molar-refractivity contribution in [1.82, 2.24) is 26.6 Å². The van der Waals surface area contributed by atoms with E-state index < -0.39 is 42.1 Å². The summed E-state index contributed by atoms with van der Waals surface area (Å²) >= 11 is 0. The molecule has 0 saturated carbocycles. The molecule has 10 nitrogen and oxygen atoms in total. The van der Waals surface area contributed by atoms with Crippen molar-refractivity contribution < 1.29 is 24.3 Å². The summed E-state index contributed by atoms with van der Waals surface area (Å²) < 4.78 is 0. The normalized spacial score (nSPS) is 15.0. The van der Waals surface area contributed by atoms with Crippen LogP contribution in [0.25, 0.3) is 0 Å². The molecule has 0 bridgehead atoms. The van der Waals surface area contributed by atoms with Crippen LogP contribution < -0.4 is 26.6 Å². The van der Waals surface area contributed by atoms with Gasteiger partial charge in [-0.15, -0.1) is 0 Å². The lowest BCUT2D eigenvalue weighted by atomic mass is 9.96. The third-order valence-electron chi connectivity index (χ3n) is 8.47. The third kappa shape index (κ3) is 16.1.